The van der Waals surface area contributed by atoms with Crippen molar-refractivity contribution in [2.75, 3.05) is 0 Å². The molecule has 3 aromatic rings. The van der Waals surface area contributed by atoms with Crippen LogP contribution in [0.3, 0.4) is 0 Å². The molecule has 0 aliphatic rings. The van der Waals surface area contributed by atoms with Crippen molar-refractivity contribution < 1.29 is 8.78 Å². The molecule has 0 fully saturated rings. The van der Waals surface area contributed by atoms with E-state index < -0.39 is 0 Å². The summed E-state index contributed by atoms with van der Waals surface area (Å²) in [4.78, 5) is 0. The lowest BCUT2D eigenvalue weighted by molar-refractivity contribution is 0.559. The molecule has 1 atom stereocenters. The minimum Gasteiger partial charge on any atom is -0.337 e. The third kappa shape index (κ3) is 1.81. The van der Waals surface area contributed by atoms with Gasteiger partial charge >= 0.3 is 0 Å². The first-order chi connectivity index (χ1) is 9.11. The fourth-order valence-corrected chi connectivity index (χ4v) is 2.65. The highest BCUT2D eigenvalue weighted by Gasteiger charge is 2.15. The Kier molecular flexibility index (Phi) is 2.77. The Balaban J connectivity index is 2.50. The maximum Gasteiger partial charge on any atom is 0.125 e. The summed E-state index contributed by atoms with van der Waals surface area (Å²) in [6, 6.07) is 9.69. The average molecular weight is 259 g/mol. The summed E-state index contributed by atoms with van der Waals surface area (Å²) in [5, 5.41) is 1.94. The first kappa shape index (κ1) is 12.2. The standard InChI is InChI=1S/C16H15F2N/c1-3-10(2)19-15-8-11(17)4-6-13(15)14-7-5-12(18)9-16(14)19/h4-10H,3H2,1-2H3. The summed E-state index contributed by atoms with van der Waals surface area (Å²) in [6.45, 7) is 4.13. The molecule has 3 rings (SSSR count). The van der Waals surface area contributed by atoms with Gasteiger partial charge < -0.3 is 4.57 Å². The van der Waals surface area contributed by atoms with Gasteiger partial charge in [0, 0.05) is 16.8 Å². The van der Waals surface area contributed by atoms with Crippen molar-refractivity contribution in [2.24, 2.45) is 0 Å². The number of rotatable bonds is 2. The maximum absolute atomic E-state index is 13.5. The fourth-order valence-electron chi connectivity index (χ4n) is 2.65. The fraction of sp³-hybridized carbons (Fsp3) is 0.250. The summed E-state index contributed by atoms with van der Waals surface area (Å²) >= 11 is 0. The molecule has 0 bridgehead atoms. The van der Waals surface area contributed by atoms with Crippen LogP contribution in [0.25, 0.3) is 21.8 Å². The minimum absolute atomic E-state index is 0.198. The highest BCUT2D eigenvalue weighted by Crippen LogP contribution is 2.33. The molecular formula is C16H15F2N. The zero-order chi connectivity index (χ0) is 13.6. The van der Waals surface area contributed by atoms with E-state index >= 15 is 0 Å². The Hall–Kier alpha value is -1.90. The second-order valence-electron chi connectivity index (χ2n) is 4.95. The Labute approximate surface area is 110 Å². The molecular weight excluding hydrogens is 244 g/mol. The molecule has 0 amide bonds. The maximum atomic E-state index is 13.5. The molecule has 1 heterocycles. The van der Waals surface area contributed by atoms with Gasteiger partial charge in [-0.1, -0.05) is 6.92 Å². The Morgan fingerprint density at radius 2 is 1.42 bits per heavy atom. The SMILES string of the molecule is CCC(C)n1c2cc(F)ccc2c2ccc(F)cc21. The van der Waals surface area contributed by atoms with E-state index in [1.54, 1.807) is 12.1 Å². The molecule has 0 spiro atoms. The highest BCUT2D eigenvalue weighted by molar-refractivity contribution is 6.08. The molecule has 0 radical (unpaired) electrons. The van der Waals surface area contributed by atoms with Crippen molar-refractivity contribution in [3.8, 4) is 0 Å². The molecule has 0 aliphatic heterocycles. The number of hydrogen-bond acceptors (Lipinski definition) is 0. The summed E-state index contributed by atoms with van der Waals surface area (Å²) in [7, 11) is 0. The number of halogens is 2. The molecule has 3 heteroatoms. The molecule has 1 unspecified atom stereocenters. The lowest BCUT2D eigenvalue weighted by Crippen LogP contribution is -2.03. The smallest absolute Gasteiger partial charge is 0.125 e. The largest absolute Gasteiger partial charge is 0.337 e. The molecule has 19 heavy (non-hydrogen) atoms. The summed E-state index contributed by atoms with van der Waals surface area (Å²) in [6.07, 6.45) is 0.909. The summed E-state index contributed by atoms with van der Waals surface area (Å²) in [5.74, 6) is -0.527. The lowest BCUT2D eigenvalue weighted by atomic mass is 10.1. The van der Waals surface area contributed by atoms with E-state index in [4.69, 9.17) is 0 Å². The Morgan fingerprint density at radius 1 is 0.947 bits per heavy atom. The van der Waals surface area contributed by atoms with Crippen molar-refractivity contribution in [1.82, 2.24) is 4.57 Å². The third-order valence-electron chi connectivity index (χ3n) is 3.76. The van der Waals surface area contributed by atoms with Gasteiger partial charge in [0.1, 0.15) is 11.6 Å². The van der Waals surface area contributed by atoms with E-state index in [0.717, 1.165) is 28.2 Å². The van der Waals surface area contributed by atoms with Crippen molar-refractivity contribution >= 4 is 21.8 Å². The number of fused-ring (bicyclic) bond motifs is 3. The van der Waals surface area contributed by atoms with Crippen molar-refractivity contribution in [3.05, 3.63) is 48.0 Å². The summed E-state index contributed by atoms with van der Waals surface area (Å²) in [5.41, 5.74) is 1.66. The van der Waals surface area contributed by atoms with Crippen LogP contribution in [-0.4, -0.2) is 4.57 Å². The van der Waals surface area contributed by atoms with Crippen LogP contribution in [0.5, 0.6) is 0 Å². The number of nitrogens with zero attached hydrogens (tertiary/aromatic N) is 1. The van der Waals surface area contributed by atoms with Crippen LogP contribution in [0, 0.1) is 11.6 Å². The predicted molar refractivity (Wildman–Crippen MR) is 74.4 cm³/mol. The van der Waals surface area contributed by atoms with Gasteiger partial charge in [-0.05, 0) is 49.7 Å². The van der Waals surface area contributed by atoms with Gasteiger partial charge in [-0.2, -0.15) is 0 Å². The lowest BCUT2D eigenvalue weighted by Gasteiger charge is -2.14. The van der Waals surface area contributed by atoms with E-state index in [0.29, 0.717) is 0 Å². The number of benzene rings is 2. The van der Waals surface area contributed by atoms with Crippen molar-refractivity contribution in [1.29, 1.82) is 0 Å². The van der Waals surface area contributed by atoms with Crippen LogP contribution in [0.1, 0.15) is 26.3 Å². The minimum atomic E-state index is -0.264. The quantitative estimate of drug-likeness (QED) is 0.607. The van der Waals surface area contributed by atoms with Gasteiger partial charge in [0.05, 0.1) is 11.0 Å². The van der Waals surface area contributed by atoms with Crippen LogP contribution in [0.2, 0.25) is 0 Å². The normalized spacial score (nSPS) is 13.3. The van der Waals surface area contributed by atoms with E-state index in [1.807, 2.05) is 4.57 Å². The van der Waals surface area contributed by atoms with Gasteiger partial charge in [0.15, 0.2) is 0 Å². The third-order valence-corrected chi connectivity index (χ3v) is 3.76. The predicted octanol–water partition coefficient (Wildman–Crippen LogP) is 5.04. The van der Waals surface area contributed by atoms with E-state index in [1.165, 1.54) is 24.3 Å². The molecule has 2 aromatic carbocycles. The molecule has 0 saturated carbocycles. The van der Waals surface area contributed by atoms with E-state index in [-0.39, 0.29) is 17.7 Å². The van der Waals surface area contributed by atoms with Crippen molar-refractivity contribution in [2.45, 2.75) is 26.3 Å². The summed E-state index contributed by atoms with van der Waals surface area (Å²) < 4.78 is 29.0. The zero-order valence-electron chi connectivity index (χ0n) is 11.0. The van der Waals surface area contributed by atoms with Crippen LogP contribution >= 0.6 is 0 Å². The Bertz CT molecular complexity index is 699. The topological polar surface area (TPSA) is 4.93 Å². The molecule has 98 valence electrons. The first-order valence-electron chi connectivity index (χ1n) is 6.50. The molecule has 0 saturated heterocycles. The average Bonchev–Trinajstić information content (AvgIpc) is 2.70. The van der Waals surface area contributed by atoms with E-state index in [2.05, 4.69) is 13.8 Å². The zero-order valence-corrected chi connectivity index (χ0v) is 11.0. The number of hydrogen-bond donors (Lipinski definition) is 0. The monoisotopic (exact) mass is 259 g/mol. The van der Waals surface area contributed by atoms with Crippen LogP contribution < -0.4 is 0 Å². The van der Waals surface area contributed by atoms with Gasteiger partial charge in [-0.3, -0.25) is 0 Å². The number of aromatic nitrogens is 1. The second kappa shape index (κ2) is 4.34. The van der Waals surface area contributed by atoms with Gasteiger partial charge in [-0.25, -0.2) is 8.78 Å². The second-order valence-corrected chi connectivity index (χ2v) is 4.95. The van der Waals surface area contributed by atoms with Gasteiger partial charge in [0.2, 0.25) is 0 Å². The molecule has 1 nitrogen and oxygen atoms in total. The molecule has 0 aliphatic carbocycles. The Morgan fingerprint density at radius 3 is 1.84 bits per heavy atom. The highest BCUT2D eigenvalue weighted by atomic mass is 19.1. The van der Waals surface area contributed by atoms with Crippen LogP contribution in [-0.2, 0) is 0 Å². The first-order valence-corrected chi connectivity index (χ1v) is 6.50. The van der Waals surface area contributed by atoms with Crippen LogP contribution in [0.15, 0.2) is 36.4 Å². The van der Waals surface area contributed by atoms with Gasteiger partial charge in [0.25, 0.3) is 0 Å². The molecule has 0 N–H and O–H groups in total. The molecule has 1 aromatic heterocycles. The van der Waals surface area contributed by atoms with Crippen LogP contribution in [0.4, 0.5) is 8.78 Å². The van der Waals surface area contributed by atoms with Crippen molar-refractivity contribution in [3.63, 3.8) is 0 Å². The van der Waals surface area contributed by atoms with E-state index in [9.17, 15) is 8.78 Å². The van der Waals surface area contributed by atoms with Gasteiger partial charge in [-0.15, -0.1) is 0 Å².